The number of furan rings is 2. The minimum absolute atomic E-state index is 0.0140. The molecule has 6 rings (SSSR count). The maximum atomic E-state index is 12.0. The van der Waals surface area contributed by atoms with Gasteiger partial charge in [-0.1, -0.05) is 12.1 Å². The second-order valence-corrected chi connectivity index (χ2v) is 15.9. The van der Waals surface area contributed by atoms with Crippen LogP contribution in [0.3, 0.4) is 0 Å². The van der Waals surface area contributed by atoms with Crippen LogP contribution < -0.4 is 0 Å². The second-order valence-electron chi connectivity index (χ2n) is 10.4. The fourth-order valence-electron chi connectivity index (χ4n) is 5.00. The minimum atomic E-state index is -5.30. The number of phenols is 2. The smallest absolute Gasteiger partial charge is 0.446 e. The molecule has 0 radical (unpaired) electrons. The van der Waals surface area contributed by atoms with Crippen molar-refractivity contribution in [2.24, 2.45) is 0 Å². The molecule has 4 aromatic carbocycles. The van der Waals surface area contributed by atoms with E-state index in [0.29, 0.717) is 62.1 Å². The van der Waals surface area contributed by atoms with Crippen molar-refractivity contribution >= 4 is 119 Å². The van der Waals surface area contributed by atoms with Crippen LogP contribution in [0.5, 0.6) is 11.5 Å². The van der Waals surface area contributed by atoms with Gasteiger partial charge >= 0.3 is 20.8 Å². The van der Waals surface area contributed by atoms with Gasteiger partial charge in [0.2, 0.25) is 0 Å². The monoisotopic (exact) mass is 974 g/mol. The topological polar surface area (TPSA) is 194 Å². The molecule has 0 bridgehead atoms. The standard InChI is InChI=1S/C32H18Br4O12S2/c33-23-11-17(1-3-27(23)37)21-13-45-31-19(21)5-15(7-25(31)35)9-29(47-49(39,40)41)30(48-50(42,43)44)10-16-6-20-22(14-46-32(20)26(36)8-16)18-2-4-28(38)24(34)12-18/h1-14,37-38H,(H,39,40,41)(H,42,43,44). The summed E-state index contributed by atoms with van der Waals surface area (Å²) in [5.41, 5.74) is 3.66. The molecule has 12 nitrogen and oxygen atoms in total. The first-order valence-corrected chi connectivity index (χ1v) is 19.5. The summed E-state index contributed by atoms with van der Waals surface area (Å²) in [7, 11) is -10.6. The van der Waals surface area contributed by atoms with Crippen LogP contribution in [-0.2, 0) is 29.2 Å². The summed E-state index contributed by atoms with van der Waals surface area (Å²) in [5.74, 6) is -1.64. The van der Waals surface area contributed by atoms with Gasteiger partial charge in [0.05, 0.1) is 30.4 Å². The molecule has 4 N–H and O–H groups in total. The third kappa shape index (κ3) is 7.97. The summed E-state index contributed by atoms with van der Waals surface area (Å²) in [4.78, 5) is 0. The van der Waals surface area contributed by atoms with Crippen LogP contribution in [0, 0.1) is 0 Å². The summed E-state index contributed by atoms with van der Waals surface area (Å²) in [6.07, 6.45) is 5.06. The molecule has 0 unspecified atom stereocenters. The number of hydrogen-bond donors (Lipinski definition) is 4. The number of halogens is 4. The van der Waals surface area contributed by atoms with Gasteiger partial charge in [0.15, 0.2) is 11.5 Å². The van der Waals surface area contributed by atoms with Crippen LogP contribution in [-0.4, -0.2) is 36.2 Å². The molecule has 0 fully saturated rings. The van der Waals surface area contributed by atoms with Gasteiger partial charge in [0, 0.05) is 21.9 Å². The highest BCUT2D eigenvalue weighted by molar-refractivity contribution is 9.11. The number of rotatable bonds is 9. The zero-order valence-electron chi connectivity index (χ0n) is 24.5. The summed E-state index contributed by atoms with van der Waals surface area (Å²) >= 11 is 13.4. The Kier molecular flexibility index (Phi) is 10.0. The van der Waals surface area contributed by atoms with E-state index in [9.17, 15) is 36.2 Å². The molecule has 0 aliphatic heterocycles. The number of phenolic OH excluding ortho intramolecular Hbond substituents is 2. The van der Waals surface area contributed by atoms with Gasteiger partial charge in [-0.3, -0.25) is 9.11 Å². The molecule has 2 heterocycles. The lowest BCUT2D eigenvalue weighted by molar-refractivity contribution is 0.289. The van der Waals surface area contributed by atoms with Crippen molar-refractivity contribution in [3.63, 3.8) is 0 Å². The summed E-state index contributed by atoms with van der Waals surface area (Å²) < 4.78 is 90.3. The lowest BCUT2D eigenvalue weighted by Gasteiger charge is -2.12. The van der Waals surface area contributed by atoms with E-state index in [1.54, 1.807) is 36.4 Å². The molecule has 2 aromatic heterocycles. The van der Waals surface area contributed by atoms with Gasteiger partial charge in [-0.05, 0) is 147 Å². The maximum Gasteiger partial charge on any atom is 0.446 e. The Bertz CT molecular complexity index is 2440. The lowest BCUT2D eigenvalue weighted by Crippen LogP contribution is -2.11. The molecule has 0 saturated heterocycles. The van der Waals surface area contributed by atoms with Gasteiger partial charge in [-0.15, -0.1) is 0 Å². The van der Waals surface area contributed by atoms with Crippen LogP contribution in [0.2, 0.25) is 0 Å². The van der Waals surface area contributed by atoms with Crippen molar-refractivity contribution < 1.29 is 53.4 Å². The van der Waals surface area contributed by atoms with Crippen LogP contribution in [0.1, 0.15) is 11.1 Å². The number of hydrogen-bond acceptors (Lipinski definition) is 10. The first kappa shape index (κ1) is 36.2. The highest BCUT2D eigenvalue weighted by Crippen LogP contribution is 2.41. The van der Waals surface area contributed by atoms with Crippen LogP contribution in [0.4, 0.5) is 0 Å². The Balaban J connectivity index is 1.53. The van der Waals surface area contributed by atoms with E-state index in [0.717, 1.165) is 12.2 Å². The van der Waals surface area contributed by atoms with Gasteiger partial charge in [0.25, 0.3) is 0 Å². The van der Waals surface area contributed by atoms with E-state index in [4.69, 9.17) is 17.2 Å². The normalized spacial score (nSPS) is 12.9. The molecule has 0 aliphatic rings. The average molecular weight is 978 g/mol. The zero-order chi connectivity index (χ0) is 36.1. The first-order chi connectivity index (χ1) is 23.5. The third-order valence-corrected chi connectivity index (χ3v) is 10.3. The van der Waals surface area contributed by atoms with E-state index in [1.165, 1.54) is 36.8 Å². The fraction of sp³-hybridized carbons (Fsp3) is 0. The number of aromatic hydroxyl groups is 2. The Labute approximate surface area is 317 Å². The summed E-state index contributed by atoms with van der Waals surface area (Å²) in [6.45, 7) is 0. The Morgan fingerprint density at radius 1 is 0.580 bits per heavy atom. The van der Waals surface area contributed by atoms with Gasteiger partial charge in [-0.25, -0.2) is 0 Å². The lowest BCUT2D eigenvalue weighted by atomic mass is 10.0. The van der Waals surface area contributed by atoms with E-state index < -0.39 is 32.3 Å². The summed E-state index contributed by atoms with van der Waals surface area (Å²) in [5, 5.41) is 20.9. The van der Waals surface area contributed by atoms with Crippen molar-refractivity contribution in [2.45, 2.75) is 0 Å². The summed E-state index contributed by atoms with van der Waals surface area (Å²) in [6, 6.07) is 15.7. The maximum absolute atomic E-state index is 12.0. The van der Waals surface area contributed by atoms with E-state index in [-0.39, 0.29) is 22.6 Å². The molecular formula is C32H18Br4O12S2. The molecule has 0 saturated carbocycles. The molecule has 18 heteroatoms. The Morgan fingerprint density at radius 2 is 0.960 bits per heavy atom. The predicted octanol–water partition coefficient (Wildman–Crippen LogP) is 9.99. The minimum Gasteiger partial charge on any atom is -0.507 e. The van der Waals surface area contributed by atoms with Crippen LogP contribution in [0.25, 0.3) is 56.3 Å². The molecule has 0 atom stereocenters. The van der Waals surface area contributed by atoms with Crippen LogP contribution >= 0.6 is 63.7 Å². The predicted molar refractivity (Wildman–Crippen MR) is 199 cm³/mol. The number of benzene rings is 4. The molecular weight excluding hydrogens is 960 g/mol. The van der Waals surface area contributed by atoms with Crippen molar-refractivity contribution in [3.8, 4) is 33.8 Å². The molecule has 0 amide bonds. The average Bonchev–Trinajstić information content (AvgIpc) is 3.63. The highest BCUT2D eigenvalue weighted by Gasteiger charge is 2.23. The molecule has 0 spiro atoms. The van der Waals surface area contributed by atoms with Crippen molar-refractivity contribution in [2.75, 3.05) is 0 Å². The SMILES string of the molecule is O=S(=O)(O)OC(=Cc1cc(Br)c2occ(-c3ccc(O)c(Br)c3)c2c1)C(=Cc1cc(Br)c2occ(-c3ccc(O)c(Br)c3)c2c1)OS(=O)(=O)O. The van der Waals surface area contributed by atoms with Crippen molar-refractivity contribution in [3.05, 3.63) is 114 Å². The zero-order valence-corrected chi connectivity index (χ0v) is 32.4. The fourth-order valence-corrected chi connectivity index (χ4v) is 7.61. The van der Waals surface area contributed by atoms with Gasteiger partial charge < -0.3 is 27.4 Å². The second kappa shape index (κ2) is 13.8. The highest BCUT2D eigenvalue weighted by atomic mass is 79.9. The molecule has 6 aromatic rings. The van der Waals surface area contributed by atoms with Gasteiger partial charge in [0.1, 0.15) is 22.7 Å². The number of fused-ring (bicyclic) bond motifs is 2. The largest absolute Gasteiger partial charge is 0.507 e. The van der Waals surface area contributed by atoms with Crippen LogP contribution in [0.15, 0.2) is 111 Å². The Morgan fingerprint density at radius 3 is 1.30 bits per heavy atom. The van der Waals surface area contributed by atoms with E-state index in [2.05, 4.69) is 63.7 Å². The van der Waals surface area contributed by atoms with E-state index in [1.807, 2.05) is 0 Å². The molecule has 50 heavy (non-hydrogen) atoms. The van der Waals surface area contributed by atoms with Crippen molar-refractivity contribution in [1.82, 2.24) is 0 Å². The first-order valence-electron chi connectivity index (χ1n) is 13.6. The quantitative estimate of drug-likeness (QED) is 0.0610. The van der Waals surface area contributed by atoms with Gasteiger partial charge in [-0.2, -0.15) is 16.8 Å². The molecule has 258 valence electrons. The Hall–Kier alpha value is -3.62. The van der Waals surface area contributed by atoms with Crippen molar-refractivity contribution in [1.29, 1.82) is 0 Å². The molecule has 0 aliphatic carbocycles. The third-order valence-electron chi connectivity index (χ3n) is 7.05. The van der Waals surface area contributed by atoms with E-state index >= 15 is 0 Å².